The molecule has 3 aromatic heterocycles. The number of pyridine rings is 1. The Kier molecular flexibility index (Phi) is 6.30. The molecule has 0 aliphatic carbocycles. The third-order valence-electron chi connectivity index (χ3n) is 5.05. The van der Waals surface area contributed by atoms with Crippen LogP contribution in [-0.2, 0) is 11.3 Å². The highest BCUT2D eigenvalue weighted by Crippen LogP contribution is 2.33. The minimum absolute atomic E-state index is 0.0368. The molecule has 8 nitrogen and oxygen atoms in total. The largest absolute Gasteiger partial charge is 0.494 e. The Bertz CT molecular complexity index is 1380. The van der Waals surface area contributed by atoms with E-state index >= 15 is 0 Å². The van der Waals surface area contributed by atoms with Crippen molar-refractivity contribution in [2.75, 3.05) is 19.5 Å². The highest BCUT2D eigenvalue weighted by Gasteiger charge is 2.27. The van der Waals surface area contributed by atoms with Crippen LogP contribution < -0.4 is 14.8 Å². The number of aromatic nitrogens is 3. The number of rotatable bonds is 7. The molecule has 33 heavy (non-hydrogen) atoms. The molecule has 0 saturated heterocycles. The monoisotopic (exact) mass is 488 g/mol. The van der Waals surface area contributed by atoms with Gasteiger partial charge in [-0.05, 0) is 19.1 Å². The Hall–Kier alpha value is -3.50. The van der Waals surface area contributed by atoms with Crippen molar-refractivity contribution in [3.05, 3.63) is 63.1 Å². The molecule has 0 aliphatic rings. The third kappa shape index (κ3) is 4.39. The van der Waals surface area contributed by atoms with Gasteiger partial charge in [0.15, 0.2) is 11.6 Å². The number of hydrogen-bond acceptors (Lipinski definition) is 7. The zero-order valence-electron chi connectivity index (χ0n) is 17.8. The van der Waals surface area contributed by atoms with Gasteiger partial charge in [-0.2, -0.15) is 0 Å². The second-order valence-electron chi connectivity index (χ2n) is 6.98. The maximum Gasteiger partial charge on any atom is 0.296 e. The predicted molar refractivity (Wildman–Crippen MR) is 123 cm³/mol. The van der Waals surface area contributed by atoms with Crippen molar-refractivity contribution in [2.24, 2.45) is 0 Å². The summed E-state index contributed by atoms with van der Waals surface area (Å²) in [7, 11) is 2.77. The standard InChI is InChI=1S/C22H18ClFN4O4S/c1-11-20(21(29)22(30)27-12-4-5-25-18(6-12)32-3)13-7-16(31-2)14(24)8-15(13)28(11)10-19-26-9-17(23)33-19/h4-9H,10H2,1-3H3,(H,25,27,30). The molecule has 1 N–H and O–H groups in total. The molecular formula is C22H18ClFN4O4S. The molecule has 11 heteroatoms. The van der Waals surface area contributed by atoms with E-state index in [2.05, 4.69) is 15.3 Å². The van der Waals surface area contributed by atoms with Gasteiger partial charge in [-0.15, -0.1) is 11.3 Å². The summed E-state index contributed by atoms with van der Waals surface area (Å²) in [5.74, 6) is -1.97. The van der Waals surface area contributed by atoms with Crippen LogP contribution in [0.5, 0.6) is 11.6 Å². The number of ether oxygens (including phenoxy) is 2. The number of benzene rings is 1. The van der Waals surface area contributed by atoms with Crippen LogP contribution >= 0.6 is 22.9 Å². The molecule has 170 valence electrons. The lowest BCUT2D eigenvalue weighted by Crippen LogP contribution is -2.23. The number of thiazole rings is 1. The summed E-state index contributed by atoms with van der Waals surface area (Å²) in [6.07, 6.45) is 2.97. The molecule has 4 rings (SSSR count). The molecular weight excluding hydrogens is 471 g/mol. The van der Waals surface area contributed by atoms with Crippen LogP contribution in [-0.4, -0.2) is 40.4 Å². The van der Waals surface area contributed by atoms with Crippen molar-refractivity contribution in [1.82, 2.24) is 14.5 Å². The van der Waals surface area contributed by atoms with Gasteiger partial charge >= 0.3 is 0 Å². The highest BCUT2D eigenvalue weighted by molar-refractivity contribution is 7.15. The molecule has 0 unspecified atom stereocenters. The quantitative estimate of drug-likeness (QED) is 0.304. The molecule has 3 heterocycles. The van der Waals surface area contributed by atoms with Crippen LogP contribution in [0.25, 0.3) is 10.9 Å². The van der Waals surface area contributed by atoms with Crippen LogP contribution in [0.3, 0.4) is 0 Å². The Balaban J connectivity index is 1.78. The smallest absolute Gasteiger partial charge is 0.296 e. The SMILES string of the molecule is COc1cc(NC(=O)C(=O)c2c(C)n(Cc3ncc(Cl)s3)c3cc(F)c(OC)cc23)ccn1. The number of carbonyl (C=O) groups is 2. The summed E-state index contributed by atoms with van der Waals surface area (Å²) < 4.78 is 26.9. The Morgan fingerprint density at radius 2 is 2.00 bits per heavy atom. The lowest BCUT2D eigenvalue weighted by Gasteiger charge is -2.08. The Labute approximate surface area is 196 Å². The molecule has 0 aliphatic heterocycles. The lowest BCUT2D eigenvalue weighted by atomic mass is 10.1. The molecule has 0 atom stereocenters. The normalized spacial score (nSPS) is 10.9. The summed E-state index contributed by atoms with van der Waals surface area (Å²) >= 11 is 7.27. The van der Waals surface area contributed by atoms with Gasteiger partial charge in [-0.3, -0.25) is 9.59 Å². The summed E-state index contributed by atoms with van der Waals surface area (Å²) in [5.41, 5.74) is 1.41. The molecule has 1 aromatic carbocycles. The predicted octanol–water partition coefficient (Wildman–Crippen LogP) is 4.48. The molecule has 1 amide bonds. The number of fused-ring (bicyclic) bond motifs is 1. The number of halogens is 2. The second-order valence-corrected chi connectivity index (χ2v) is 8.73. The zero-order chi connectivity index (χ0) is 23.7. The van der Waals surface area contributed by atoms with Crippen LogP contribution in [0.4, 0.5) is 10.1 Å². The first kappa shape index (κ1) is 22.7. The number of hydrogen-bond donors (Lipinski definition) is 1. The van der Waals surface area contributed by atoms with Crippen molar-refractivity contribution in [1.29, 1.82) is 0 Å². The number of carbonyl (C=O) groups excluding carboxylic acids is 2. The summed E-state index contributed by atoms with van der Waals surface area (Å²) in [4.78, 5) is 34.3. The maximum absolute atomic E-state index is 14.5. The van der Waals surface area contributed by atoms with E-state index in [0.717, 1.165) is 0 Å². The summed E-state index contributed by atoms with van der Waals surface area (Å²) in [6.45, 7) is 1.94. The van der Waals surface area contributed by atoms with Crippen molar-refractivity contribution >= 4 is 51.2 Å². The topological polar surface area (TPSA) is 95.3 Å². The summed E-state index contributed by atoms with van der Waals surface area (Å²) in [6, 6.07) is 5.72. The average molecular weight is 489 g/mol. The van der Waals surface area contributed by atoms with E-state index in [9.17, 15) is 14.0 Å². The van der Waals surface area contributed by atoms with Crippen LogP contribution in [0, 0.1) is 12.7 Å². The fraction of sp³-hybridized carbons (Fsp3) is 0.182. The number of methoxy groups -OCH3 is 2. The second kappa shape index (κ2) is 9.16. The maximum atomic E-state index is 14.5. The van der Waals surface area contributed by atoms with E-state index < -0.39 is 17.5 Å². The molecule has 0 fully saturated rings. The Morgan fingerprint density at radius 1 is 1.21 bits per heavy atom. The fourth-order valence-electron chi connectivity index (χ4n) is 3.52. The highest BCUT2D eigenvalue weighted by atomic mass is 35.5. The van der Waals surface area contributed by atoms with Crippen LogP contribution in [0.15, 0.2) is 36.7 Å². The fourth-order valence-corrected chi connectivity index (χ4v) is 4.47. The molecule has 0 spiro atoms. The van der Waals surface area contributed by atoms with E-state index in [1.54, 1.807) is 11.5 Å². The first-order valence-electron chi connectivity index (χ1n) is 9.64. The third-order valence-corrected chi connectivity index (χ3v) is 6.15. The van der Waals surface area contributed by atoms with Crippen LogP contribution in [0.1, 0.15) is 21.1 Å². The van der Waals surface area contributed by atoms with Gasteiger partial charge < -0.3 is 19.4 Å². The van der Waals surface area contributed by atoms with Gasteiger partial charge in [-0.1, -0.05) is 11.6 Å². The molecule has 0 saturated carbocycles. The number of ketones is 1. The van der Waals surface area contributed by atoms with Crippen molar-refractivity contribution in [3.63, 3.8) is 0 Å². The zero-order valence-corrected chi connectivity index (χ0v) is 19.4. The van der Waals surface area contributed by atoms with E-state index in [4.69, 9.17) is 21.1 Å². The number of nitrogens with one attached hydrogen (secondary N) is 1. The minimum atomic E-state index is -0.856. The van der Waals surface area contributed by atoms with Gasteiger partial charge in [-0.25, -0.2) is 14.4 Å². The van der Waals surface area contributed by atoms with Gasteiger partial charge in [0, 0.05) is 35.1 Å². The van der Waals surface area contributed by atoms with Crippen molar-refractivity contribution < 1.29 is 23.5 Å². The molecule has 0 radical (unpaired) electrons. The van der Waals surface area contributed by atoms with E-state index in [-0.39, 0.29) is 23.7 Å². The van der Waals surface area contributed by atoms with Gasteiger partial charge in [0.05, 0.1) is 38.0 Å². The van der Waals surface area contributed by atoms with Crippen molar-refractivity contribution in [2.45, 2.75) is 13.5 Å². The minimum Gasteiger partial charge on any atom is -0.494 e. The van der Waals surface area contributed by atoms with Crippen molar-refractivity contribution in [3.8, 4) is 11.6 Å². The van der Waals surface area contributed by atoms with E-state index in [1.807, 2.05) is 0 Å². The lowest BCUT2D eigenvalue weighted by molar-refractivity contribution is -0.112. The number of anilines is 1. The van der Waals surface area contributed by atoms with E-state index in [0.29, 0.717) is 31.6 Å². The number of Topliss-reactive ketones (excluding diaryl/α,β-unsaturated/α-hetero) is 1. The van der Waals surface area contributed by atoms with Gasteiger partial charge in [0.25, 0.3) is 11.7 Å². The van der Waals surface area contributed by atoms with Gasteiger partial charge in [0.2, 0.25) is 5.88 Å². The average Bonchev–Trinajstić information content (AvgIpc) is 3.33. The van der Waals surface area contributed by atoms with Crippen LogP contribution in [0.2, 0.25) is 4.34 Å². The van der Waals surface area contributed by atoms with Gasteiger partial charge in [0.1, 0.15) is 9.34 Å². The molecule has 0 bridgehead atoms. The van der Waals surface area contributed by atoms with E-state index in [1.165, 1.54) is 62.2 Å². The molecule has 4 aromatic rings. The number of amides is 1. The number of nitrogens with zero attached hydrogens (tertiary/aromatic N) is 3. The first-order valence-corrected chi connectivity index (χ1v) is 10.8. The Morgan fingerprint density at radius 3 is 2.67 bits per heavy atom. The first-order chi connectivity index (χ1) is 15.8. The summed E-state index contributed by atoms with van der Waals surface area (Å²) in [5, 5.41) is 3.62.